The van der Waals surface area contributed by atoms with Crippen molar-refractivity contribution in [2.24, 2.45) is 5.92 Å². The Morgan fingerprint density at radius 2 is 1.74 bits per heavy atom. The lowest BCUT2D eigenvalue weighted by Gasteiger charge is -2.38. The van der Waals surface area contributed by atoms with Gasteiger partial charge in [-0.05, 0) is 54.7 Å². The lowest BCUT2D eigenvalue weighted by Crippen LogP contribution is -2.32. The number of fused-ring (bicyclic) bond motifs is 3. The Morgan fingerprint density at radius 1 is 1.04 bits per heavy atom. The fourth-order valence-corrected chi connectivity index (χ4v) is 5.85. The van der Waals surface area contributed by atoms with E-state index in [-0.39, 0.29) is 5.92 Å². The molecule has 0 amide bonds. The first-order valence-electron chi connectivity index (χ1n) is 8.50. The van der Waals surface area contributed by atoms with Crippen molar-refractivity contribution in [2.75, 3.05) is 7.11 Å². The summed E-state index contributed by atoms with van der Waals surface area (Å²) in [5.41, 5.74) is 0.873. The number of thioether (sulfide) groups is 1. The third-order valence-corrected chi connectivity index (χ3v) is 6.86. The molecule has 2 bridgehead atoms. The van der Waals surface area contributed by atoms with Crippen molar-refractivity contribution in [2.45, 2.75) is 42.6 Å². The topological polar surface area (TPSA) is 26.3 Å². The van der Waals surface area contributed by atoms with Gasteiger partial charge in [-0.2, -0.15) is 11.8 Å². The smallest absolute Gasteiger partial charge is 0.166 e. The van der Waals surface area contributed by atoms with Crippen molar-refractivity contribution in [3.05, 3.63) is 42.0 Å². The maximum atomic E-state index is 13.0. The van der Waals surface area contributed by atoms with E-state index < -0.39 is 0 Å². The second-order valence-electron chi connectivity index (χ2n) is 6.77. The van der Waals surface area contributed by atoms with Crippen LogP contribution in [0.3, 0.4) is 0 Å². The van der Waals surface area contributed by atoms with E-state index in [1.165, 1.54) is 19.3 Å². The molecule has 2 heterocycles. The Kier molecular flexibility index (Phi) is 4.06. The maximum absolute atomic E-state index is 13.0. The standard InChI is InChI=1S/C20H22O2S/c1-22-17-8-7-13-9-15(6-5-14(13)10-17)20(21)16-11-18-3-2-4-19(12-16)23-18/h5-10,16,18-19H,2-4,11-12H2,1H3. The molecule has 0 N–H and O–H groups in total. The van der Waals surface area contributed by atoms with Gasteiger partial charge < -0.3 is 4.74 Å². The van der Waals surface area contributed by atoms with Crippen molar-refractivity contribution in [1.29, 1.82) is 0 Å². The van der Waals surface area contributed by atoms with Crippen LogP contribution in [0.2, 0.25) is 0 Å². The van der Waals surface area contributed by atoms with Crippen molar-refractivity contribution >= 4 is 28.3 Å². The van der Waals surface area contributed by atoms with Crippen LogP contribution in [-0.4, -0.2) is 23.4 Å². The third-order valence-electron chi connectivity index (χ3n) is 5.23. The summed E-state index contributed by atoms with van der Waals surface area (Å²) in [5.74, 6) is 1.43. The molecule has 3 heteroatoms. The number of carbonyl (C=O) groups excluding carboxylic acids is 1. The summed E-state index contributed by atoms with van der Waals surface area (Å²) in [5, 5.41) is 3.65. The second kappa shape index (κ2) is 6.20. The molecule has 2 saturated heterocycles. The zero-order valence-corrected chi connectivity index (χ0v) is 14.3. The Bertz CT molecular complexity index is 727. The number of ether oxygens (including phenoxy) is 1. The highest BCUT2D eigenvalue weighted by Gasteiger charge is 2.35. The molecule has 2 atom stereocenters. The Morgan fingerprint density at radius 3 is 2.48 bits per heavy atom. The van der Waals surface area contributed by atoms with Crippen molar-refractivity contribution in [1.82, 2.24) is 0 Å². The molecule has 2 aliphatic rings. The summed E-state index contributed by atoms with van der Waals surface area (Å²) in [4.78, 5) is 13.0. The quantitative estimate of drug-likeness (QED) is 0.734. The highest BCUT2D eigenvalue weighted by atomic mass is 32.2. The van der Waals surface area contributed by atoms with Crippen LogP contribution in [0.4, 0.5) is 0 Å². The minimum absolute atomic E-state index is 0.224. The Hall–Kier alpha value is -1.48. The molecule has 2 aromatic rings. The number of Topliss-reactive ketones (excluding diaryl/α,β-unsaturated/α-hetero) is 1. The van der Waals surface area contributed by atoms with Gasteiger partial charge in [-0.15, -0.1) is 0 Å². The summed E-state index contributed by atoms with van der Waals surface area (Å²) in [6.07, 6.45) is 6.08. The van der Waals surface area contributed by atoms with Gasteiger partial charge in [-0.3, -0.25) is 4.79 Å². The molecule has 0 radical (unpaired) electrons. The van der Waals surface area contributed by atoms with E-state index in [1.54, 1.807) is 7.11 Å². The van der Waals surface area contributed by atoms with Crippen LogP contribution >= 0.6 is 11.8 Å². The summed E-state index contributed by atoms with van der Waals surface area (Å²) in [6.45, 7) is 0. The van der Waals surface area contributed by atoms with E-state index in [9.17, 15) is 4.79 Å². The third kappa shape index (κ3) is 2.99. The van der Waals surface area contributed by atoms with Crippen LogP contribution < -0.4 is 4.74 Å². The van der Waals surface area contributed by atoms with Crippen molar-refractivity contribution < 1.29 is 9.53 Å². The van der Waals surface area contributed by atoms with E-state index in [4.69, 9.17) is 4.74 Å². The monoisotopic (exact) mass is 326 g/mol. The first kappa shape index (κ1) is 15.1. The SMILES string of the molecule is COc1ccc2cc(C(=O)C3CC4CCCC(C3)S4)ccc2c1. The zero-order chi connectivity index (χ0) is 15.8. The molecule has 0 aromatic heterocycles. The van der Waals surface area contributed by atoms with Gasteiger partial charge in [0.25, 0.3) is 0 Å². The number of hydrogen-bond acceptors (Lipinski definition) is 3. The van der Waals surface area contributed by atoms with Crippen LogP contribution in [0.5, 0.6) is 5.75 Å². The van der Waals surface area contributed by atoms with Gasteiger partial charge in [0, 0.05) is 22.0 Å². The lowest BCUT2D eigenvalue weighted by atomic mass is 9.84. The molecular formula is C20H22O2S. The number of benzene rings is 2. The Balaban J connectivity index is 1.59. The van der Waals surface area contributed by atoms with E-state index in [2.05, 4.69) is 17.8 Å². The van der Waals surface area contributed by atoms with Crippen LogP contribution in [0, 0.1) is 5.92 Å². The highest BCUT2D eigenvalue weighted by Crippen LogP contribution is 2.44. The molecule has 2 nitrogen and oxygen atoms in total. The maximum Gasteiger partial charge on any atom is 0.166 e. The molecule has 2 fully saturated rings. The normalized spacial score (nSPS) is 26.9. The van der Waals surface area contributed by atoms with Gasteiger partial charge in [0.15, 0.2) is 5.78 Å². The fourth-order valence-electron chi connectivity index (χ4n) is 4.01. The van der Waals surface area contributed by atoms with Gasteiger partial charge in [0.1, 0.15) is 5.75 Å². The number of ketones is 1. The van der Waals surface area contributed by atoms with Gasteiger partial charge >= 0.3 is 0 Å². The summed E-state index contributed by atoms with van der Waals surface area (Å²) in [6, 6.07) is 12.1. The van der Waals surface area contributed by atoms with Gasteiger partial charge in [-0.1, -0.05) is 24.6 Å². The highest BCUT2D eigenvalue weighted by molar-refractivity contribution is 8.00. The van der Waals surface area contributed by atoms with Gasteiger partial charge in [0.05, 0.1) is 7.11 Å². The number of carbonyl (C=O) groups is 1. The van der Waals surface area contributed by atoms with E-state index in [1.807, 2.05) is 30.3 Å². The first-order chi connectivity index (χ1) is 11.2. The molecule has 2 aromatic carbocycles. The fraction of sp³-hybridized carbons (Fsp3) is 0.450. The minimum atomic E-state index is 0.224. The molecule has 0 saturated carbocycles. The molecule has 23 heavy (non-hydrogen) atoms. The van der Waals surface area contributed by atoms with Gasteiger partial charge in [-0.25, -0.2) is 0 Å². The first-order valence-corrected chi connectivity index (χ1v) is 9.44. The molecule has 4 rings (SSSR count). The van der Waals surface area contributed by atoms with Crippen LogP contribution in [0.15, 0.2) is 36.4 Å². The van der Waals surface area contributed by atoms with Crippen LogP contribution in [0.1, 0.15) is 42.5 Å². The van der Waals surface area contributed by atoms with E-state index in [0.29, 0.717) is 16.3 Å². The second-order valence-corrected chi connectivity index (χ2v) is 8.38. The average molecular weight is 326 g/mol. The largest absolute Gasteiger partial charge is 0.497 e. The van der Waals surface area contributed by atoms with E-state index in [0.717, 1.165) is 34.9 Å². The molecular weight excluding hydrogens is 304 g/mol. The minimum Gasteiger partial charge on any atom is -0.497 e. The predicted molar refractivity (Wildman–Crippen MR) is 96.6 cm³/mol. The van der Waals surface area contributed by atoms with Crippen LogP contribution in [0.25, 0.3) is 10.8 Å². The predicted octanol–water partition coefficient (Wildman–Crippen LogP) is 5.10. The van der Waals surface area contributed by atoms with Crippen LogP contribution in [-0.2, 0) is 0 Å². The molecule has 2 aliphatic heterocycles. The molecule has 2 unspecified atom stereocenters. The summed E-state index contributed by atoms with van der Waals surface area (Å²) >= 11 is 2.13. The summed E-state index contributed by atoms with van der Waals surface area (Å²) < 4.78 is 5.27. The zero-order valence-electron chi connectivity index (χ0n) is 13.5. The van der Waals surface area contributed by atoms with E-state index >= 15 is 0 Å². The molecule has 0 spiro atoms. The van der Waals surface area contributed by atoms with Crippen molar-refractivity contribution in [3.63, 3.8) is 0 Å². The molecule has 120 valence electrons. The Labute approximate surface area is 141 Å². The number of rotatable bonds is 3. The molecule has 0 aliphatic carbocycles. The number of hydrogen-bond donors (Lipinski definition) is 0. The lowest BCUT2D eigenvalue weighted by molar-refractivity contribution is 0.0897. The summed E-state index contributed by atoms with van der Waals surface area (Å²) in [7, 11) is 1.68. The van der Waals surface area contributed by atoms with Gasteiger partial charge in [0.2, 0.25) is 0 Å². The average Bonchev–Trinajstić information content (AvgIpc) is 2.59. The van der Waals surface area contributed by atoms with Crippen molar-refractivity contribution in [3.8, 4) is 5.75 Å². The number of methoxy groups -OCH3 is 1.